The van der Waals surface area contributed by atoms with Gasteiger partial charge in [-0.25, -0.2) is 9.48 Å². The predicted octanol–water partition coefficient (Wildman–Crippen LogP) is 2.90. The summed E-state index contributed by atoms with van der Waals surface area (Å²) in [5.41, 5.74) is -0.632. The molecular weight excluding hydrogens is 427 g/mol. The molecule has 1 aromatic heterocycles. The number of nitrogens with zero attached hydrogens (tertiary/aromatic N) is 2. The number of aromatic nitrogens is 2. The number of carbonyl (C=O) groups excluding carboxylic acids is 2. The van der Waals surface area contributed by atoms with Crippen LogP contribution in [0.5, 0.6) is 0 Å². The number of fused-ring (bicyclic) bond motifs is 1. The fourth-order valence-corrected chi connectivity index (χ4v) is 3.59. The SMILES string of the molecule is CC(=O)c1nn(C(CC(=O)O)C(=O)OC(C)(C)C)c2ccc(B3OC(C)(C)C(C)(C)O3)cc12. The first-order chi connectivity index (χ1) is 15.0. The second-order valence-electron chi connectivity index (χ2n) is 10.4. The van der Waals surface area contributed by atoms with E-state index >= 15 is 0 Å². The minimum absolute atomic E-state index is 0.127. The van der Waals surface area contributed by atoms with Gasteiger partial charge in [-0.2, -0.15) is 5.10 Å². The van der Waals surface area contributed by atoms with Crippen molar-refractivity contribution in [1.82, 2.24) is 9.78 Å². The number of aliphatic carboxylic acids is 1. The average Bonchev–Trinajstić information content (AvgIpc) is 3.12. The summed E-state index contributed by atoms with van der Waals surface area (Å²) in [6.07, 6.45) is -0.540. The Morgan fingerprint density at radius 2 is 1.73 bits per heavy atom. The van der Waals surface area contributed by atoms with E-state index in [1.807, 2.05) is 27.7 Å². The smallest absolute Gasteiger partial charge is 0.481 e. The second kappa shape index (κ2) is 8.25. The monoisotopic (exact) mass is 458 g/mol. The summed E-state index contributed by atoms with van der Waals surface area (Å²) >= 11 is 0. The fourth-order valence-electron chi connectivity index (χ4n) is 3.59. The van der Waals surface area contributed by atoms with Crippen LogP contribution in [0, 0.1) is 0 Å². The topological polar surface area (TPSA) is 117 Å². The lowest BCUT2D eigenvalue weighted by molar-refractivity contribution is -0.162. The number of hydrogen-bond donors (Lipinski definition) is 1. The van der Waals surface area contributed by atoms with E-state index in [9.17, 15) is 19.5 Å². The van der Waals surface area contributed by atoms with Gasteiger partial charge >= 0.3 is 19.1 Å². The van der Waals surface area contributed by atoms with Gasteiger partial charge in [-0.3, -0.25) is 9.59 Å². The van der Waals surface area contributed by atoms with Gasteiger partial charge in [0, 0.05) is 12.3 Å². The number of rotatable bonds is 6. The van der Waals surface area contributed by atoms with E-state index in [4.69, 9.17) is 14.0 Å². The van der Waals surface area contributed by atoms with Crippen LogP contribution in [0.15, 0.2) is 18.2 Å². The molecule has 33 heavy (non-hydrogen) atoms. The van der Waals surface area contributed by atoms with Crippen LogP contribution in [0.3, 0.4) is 0 Å². The highest BCUT2D eigenvalue weighted by Crippen LogP contribution is 2.37. The summed E-state index contributed by atoms with van der Waals surface area (Å²) in [4.78, 5) is 36.8. The molecule has 0 spiro atoms. The molecule has 0 amide bonds. The van der Waals surface area contributed by atoms with Gasteiger partial charge < -0.3 is 19.2 Å². The molecule has 0 aliphatic carbocycles. The third-order valence-electron chi connectivity index (χ3n) is 5.93. The van der Waals surface area contributed by atoms with Gasteiger partial charge in [0.25, 0.3) is 0 Å². The molecule has 9 nitrogen and oxygen atoms in total. The van der Waals surface area contributed by atoms with Crippen molar-refractivity contribution >= 4 is 41.2 Å². The van der Waals surface area contributed by atoms with Gasteiger partial charge in [-0.05, 0) is 60.0 Å². The third kappa shape index (κ3) is 4.96. The van der Waals surface area contributed by atoms with Crippen LogP contribution in [0.25, 0.3) is 10.9 Å². The van der Waals surface area contributed by atoms with Gasteiger partial charge in [0.05, 0.1) is 23.1 Å². The van der Waals surface area contributed by atoms with E-state index in [0.717, 1.165) is 0 Å². The van der Waals surface area contributed by atoms with Crippen molar-refractivity contribution in [1.29, 1.82) is 0 Å². The van der Waals surface area contributed by atoms with Gasteiger partial charge in [-0.1, -0.05) is 12.1 Å². The van der Waals surface area contributed by atoms with Crippen LogP contribution in [-0.4, -0.2) is 56.5 Å². The fraction of sp³-hybridized carbons (Fsp3) is 0.565. The molecule has 1 N–H and O–H groups in total. The maximum Gasteiger partial charge on any atom is 0.494 e. The van der Waals surface area contributed by atoms with Crippen molar-refractivity contribution in [3.8, 4) is 0 Å². The molecule has 1 saturated heterocycles. The summed E-state index contributed by atoms with van der Waals surface area (Å²) < 4.78 is 18.9. The lowest BCUT2D eigenvalue weighted by atomic mass is 9.78. The molecule has 0 radical (unpaired) electrons. The van der Waals surface area contributed by atoms with Crippen LogP contribution < -0.4 is 5.46 Å². The standard InChI is InChI=1S/C23H31BN2O7/c1-13(27)19-15-11-14(24-32-22(5,6)23(7,8)33-24)9-10-16(15)26(25-19)17(12-18(28)29)20(30)31-21(2,3)4/h9-11,17H,12H2,1-8H3,(H,28,29). The summed E-state index contributed by atoms with van der Waals surface area (Å²) in [6, 6.07) is 3.96. The molecule has 2 heterocycles. The number of carboxylic acid groups (broad SMARTS) is 1. The van der Waals surface area contributed by atoms with E-state index in [1.165, 1.54) is 11.6 Å². The highest BCUT2D eigenvalue weighted by Gasteiger charge is 2.51. The number of hydrogen-bond acceptors (Lipinski definition) is 7. The maximum atomic E-state index is 12.9. The molecule has 1 aliphatic rings. The lowest BCUT2D eigenvalue weighted by Crippen LogP contribution is -2.41. The van der Waals surface area contributed by atoms with Crippen molar-refractivity contribution < 1.29 is 33.5 Å². The van der Waals surface area contributed by atoms with E-state index in [1.54, 1.807) is 39.0 Å². The first kappa shape index (κ1) is 24.9. The van der Waals surface area contributed by atoms with Crippen molar-refractivity contribution in [2.75, 3.05) is 0 Å². The number of ether oxygens (including phenoxy) is 1. The highest BCUT2D eigenvalue weighted by molar-refractivity contribution is 6.62. The van der Waals surface area contributed by atoms with E-state index in [-0.39, 0.29) is 11.5 Å². The minimum Gasteiger partial charge on any atom is -0.481 e. The molecule has 10 heteroatoms. The number of esters is 1. The lowest BCUT2D eigenvalue weighted by Gasteiger charge is -2.32. The molecule has 1 unspecified atom stereocenters. The molecule has 0 saturated carbocycles. The van der Waals surface area contributed by atoms with Gasteiger partial charge in [-0.15, -0.1) is 0 Å². The van der Waals surface area contributed by atoms with Crippen molar-refractivity contribution in [3.05, 3.63) is 23.9 Å². The summed E-state index contributed by atoms with van der Waals surface area (Å²) in [5, 5.41) is 14.2. The van der Waals surface area contributed by atoms with Crippen molar-refractivity contribution in [2.45, 2.75) is 84.7 Å². The number of ketones is 1. The maximum absolute atomic E-state index is 12.9. The van der Waals surface area contributed by atoms with Crippen molar-refractivity contribution in [2.24, 2.45) is 0 Å². The van der Waals surface area contributed by atoms with Gasteiger partial charge in [0.1, 0.15) is 11.3 Å². The Balaban J connectivity index is 2.11. The Hall–Kier alpha value is -2.72. The average molecular weight is 458 g/mol. The largest absolute Gasteiger partial charge is 0.494 e. The summed E-state index contributed by atoms with van der Waals surface area (Å²) in [5.74, 6) is -2.24. The Morgan fingerprint density at radius 1 is 1.15 bits per heavy atom. The van der Waals surface area contributed by atoms with E-state index in [0.29, 0.717) is 16.4 Å². The van der Waals surface area contributed by atoms with Crippen LogP contribution in [0.2, 0.25) is 0 Å². The van der Waals surface area contributed by atoms with E-state index < -0.39 is 48.3 Å². The van der Waals surface area contributed by atoms with Gasteiger partial charge in [0.2, 0.25) is 0 Å². The Labute approximate surface area is 193 Å². The Kier molecular flexibility index (Phi) is 6.23. The van der Waals surface area contributed by atoms with Crippen LogP contribution in [0.1, 0.15) is 78.3 Å². The Morgan fingerprint density at radius 3 is 2.21 bits per heavy atom. The minimum atomic E-state index is -1.24. The molecule has 3 rings (SSSR count). The number of benzene rings is 1. The third-order valence-corrected chi connectivity index (χ3v) is 5.93. The van der Waals surface area contributed by atoms with E-state index in [2.05, 4.69) is 5.10 Å². The molecule has 178 valence electrons. The summed E-state index contributed by atoms with van der Waals surface area (Å²) in [7, 11) is -0.650. The van der Waals surface area contributed by atoms with Crippen LogP contribution in [0.4, 0.5) is 0 Å². The molecule has 2 aromatic rings. The molecule has 1 aromatic carbocycles. The van der Waals surface area contributed by atoms with Crippen LogP contribution >= 0.6 is 0 Å². The van der Waals surface area contributed by atoms with Crippen LogP contribution in [-0.2, 0) is 23.6 Å². The number of carbonyl (C=O) groups is 3. The Bertz CT molecular complexity index is 1100. The highest BCUT2D eigenvalue weighted by atomic mass is 16.7. The normalized spacial score (nSPS) is 18.4. The second-order valence-corrected chi connectivity index (χ2v) is 10.4. The molecule has 0 bridgehead atoms. The molecule has 1 atom stereocenters. The van der Waals surface area contributed by atoms with Crippen molar-refractivity contribution in [3.63, 3.8) is 0 Å². The number of carboxylic acids is 1. The first-order valence-corrected chi connectivity index (χ1v) is 10.9. The molecular formula is C23H31BN2O7. The molecule has 1 aliphatic heterocycles. The zero-order valence-corrected chi connectivity index (χ0v) is 20.4. The van der Waals surface area contributed by atoms with Gasteiger partial charge in [0.15, 0.2) is 11.8 Å². The zero-order chi connectivity index (χ0) is 24.9. The predicted molar refractivity (Wildman–Crippen MR) is 123 cm³/mol. The quantitative estimate of drug-likeness (QED) is 0.399. The molecule has 1 fully saturated rings. The summed E-state index contributed by atoms with van der Waals surface area (Å²) in [6.45, 7) is 14.2. The number of Topliss-reactive ketones (excluding diaryl/α,β-unsaturated/α-hetero) is 1. The first-order valence-electron chi connectivity index (χ1n) is 10.9. The zero-order valence-electron chi connectivity index (χ0n) is 20.4.